The molecule has 1 aliphatic rings. The molecule has 2 atom stereocenters. The normalized spacial score (nSPS) is 24.4. The lowest BCUT2D eigenvalue weighted by atomic mass is 10.0. The molecule has 0 bridgehead atoms. The molecule has 108 valence electrons. The standard InChI is InChI=1S/C12H26N2O3S/c1-10(2)14-6-7-17-12(9-14)11(13)5-4-8-18(3,15)16/h10-12H,4-9,13H2,1-3H3. The van der Waals surface area contributed by atoms with E-state index in [0.717, 1.165) is 13.1 Å². The maximum atomic E-state index is 11.1. The number of morpholine rings is 1. The van der Waals surface area contributed by atoms with Crippen molar-refractivity contribution in [2.75, 3.05) is 31.7 Å². The third-order valence-electron chi connectivity index (χ3n) is 3.39. The minimum atomic E-state index is -2.88. The van der Waals surface area contributed by atoms with Crippen LogP contribution in [0.2, 0.25) is 0 Å². The average Bonchev–Trinajstić information content (AvgIpc) is 2.27. The number of hydrogen-bond donors (Lipinski definition) is 1. The Labute approximate surface area is 111 Å². The third kappa shape index (κ3) is 5.65. The van der Waals surface area contributed by atoms with Crippen LogP contribution in [-0.4, -0.2) is 63.2 Å². The number of hydrogen-bond acceptors (Lipinski definition) is 5. The molecule has 1 fully saturated rings. The van der Waals surface area contributed by atoms with Crippen molar-refractivity contribution in [1.29, 1.82) is 0 Å². The van der Waals surface area contributed by atoms with E-state index >= 15 is 0 Å². The first-order valence-electron chi connectivity index (χ1n) is 6.58. The van der Waals surface area contributed by atoms with Crippen LogP contribution < -0.4 is 5.73 Å². The highest BCUT2D eigenvalue weighted by Gasteiger charge is 2.26. The summed E-state index contributed by atoms with van der Waals surface area (Å²) >= 11 is 0. The number of sulfone groups is 1. The van der Waals surface area contributed by atoms with Gasteiger partial charge in [0.25, 0.3) is 0 Å². The van der Waals surface area contributed by atoms with Gasteiger partial charge in [-0.15, -0.1) is 0 Å². The van der Waals surface area contributed by atoms with Crippen LogP contribution >= 0.6 is 0 Å². The van der Waals surface area contributed by atoms with Crippen molar-refractivity contribution >= 4 is 9.84 Å². The van der Waals surface area contributed by atoms with Crippen LogP contribution in [0.25, 0.3) is 0 Å². The second kappa shape index (κ2) is 6.84. The summed E-state index contributed by atoms with van der Waals surface area (Å²) in [6.45, 7) is 6.83. The molecule has 1 aliphatic heterocycles. The highest BCUT2D eigenvalue weighted by molar-refractivity contribution is 7.90. The largest absolute Gasteiger partial charge is 0.374 e. The summed E-state index contributed by atoms with van der Waals surface area (Å²) < 4.78 is 27.8. The highest BCUT2D eigenvalue weighted by atomic mass is 32.2. The molecule has 18 heavy (non-hydrogen) atoms. The summed E-state index contributed by atoms with van der Waals surface area (Å²) in [6, 6.07) is 0.424. The first-order chi connectivity index (χ1) is 8.29. The topological polar surface area (TPSA) is 72.6 Å². The SMILES string of the molecule is CC(C)N1CCOC(C(N)CCCS(C)(=O)=O)C1. The van der Waals surface area contributed by atoms with Gasteiger partial charge < -0.3 is 10.5 Å². The van der Waals surface area contributed by atoms with Gasteiger partial charge in [0, 0.05) is 37.2 Å². The Bertz CT molecular complexity index is 343. The first-order valence-corrected chi connectivity index (χ1v) is 8.64. The molecule has 1 saturated heterocycles. The van der Waals surface area contributed by atoms with E-state index < -0.39 is 9.84 Å². The van der Waals surface area contributed by atoms with E-state index in [2.05, 4.69) is 18.7 Å². The zero-order valence-corrected chi connectivity index (χ0v) is 12.4. The average molecular weight is 278 g/mol. The molecule has 1 rings (SSSR count). The lowest BCUT2D eigenvalue weighted by Crippen LogP contribution is -2.52. The van der Waals surface area contributed by atoms with Crippen molar-refractivity contribution in [1.82, 2.24) is 4.90 Å². The van der Waals surface area contributed by atoms with Crippen molar-refractivity contribution in [3.63, 3.8) is 0 Å². The zero-order chi connectivity index (χ0) is 13.8. The van der Waals surface area contributed by atoms with E-state index in [-0.39, 0.29) is 17.9 Å². The monoisotopic (exact) mass is 278 g/mol. The molecule has 2 N–H and O–H groups in total. The van der Waals surface area contributed by atoms with Gasteiger partial charge in [-0.3, -0.25) is 4.90 Å². The smallest absolute Gasteiger partial charge is 0.147 e. The van der Waals surface area contributed by atoms with Gasteiger partial charge in [-0.05, 0) is 26.7 Å². The van der Waals surface area contributed by atoms with Crippen LogP contribution in [0, 0.1) is 0 Å². The second-order valence-corrected chi connectivity index (χ2v) is 7.69. The fraction of sp³-hybridized carbons (Fsp3) is 1.00. The fourth-order valence-electron chi connectivity index (χ4n) is 2.19. The summed E-state index contributed by atoms with van der Waals surface area (Å²) in [4.78, 5) is 2.35. The minimum Gasteiger partial charge on any atom is -0.374 e. The summed E-state index contributed by atoms with van der Waals surface area (Å²) in [7, 11) is -2.88. The molecule has 0 aromatic carbocycles. The fourth-order valence-corrected chi connectivity index (χ4v) is 2.88. The van der Waals surface area contributed by atoms with Crippen LogP contribution in [0.4, 0.5) is 0 Å². The highest BCUT2D eigenvalue weighted by Crippen LogP contribution is 2.13. The van der Waals surface area contributed by atoms with Gasteiger partial charge in [-0.25, -0.2) is 8.42 Å². The molecule has 0 radical (unpaired) electrons. The van der Waals surface area contributed by atoms with Crippen molar-refractivity contribution < 1.29 is 13.2 Å². The molecule has 0 saturated carbocycles. The van der Waals surface area contributed by atoms with Crippen LogP contribution in [0.1, 0.15) is 26.7 Å². The molecule has 2 unspecified atom stereocenters. The van der Waals surface area contributed by atoms with Gasteiger partial charge in [0.1, 0.15) is 9.84 Å². The molecule has 0 aromatic heterocycles. The van der Waals surface area contributed by atoms with E-state index in [1.165, 1.54) is 6.26 Å². The Kier molecular flexibility index (Phi) is 6.04. The van der Waals surface area contributed by atoms with E-state index in [4.69, 9.17) is 10.5 Å². The molecule has 0 aliphatic carbocycles. The molecule has 1 heterocycles. The zero-order valence-electron chi connectivity index (χ0n) is 11.6. The van der Waals surface area contributed by atoms with E-state index in [0.29, 0.717) is 25.5 Å². The third-order valence-corrected chi connectivity index (χ3v) is 4.42. The van der Waals surface area contributed by atoms with Gasteiger partial charge in [-0.1, -0.05) is 0 Å². The Balaban J connectivity index is 2.34. The van der Waals surface area contributed by atoms with E-state index in [1.807, 2.05) is 0 Å². The molecule has 5 nitrogen and oxygen atoms in total. The van der Waals surface area contributed by atoms with E-state index in [9.17, 15) is 8.42 Å². The predicted octanol–water partition coefficient (Wildman–Crippen LogP) is 0.248. The maximum Gasteiger partial charge on any atom is 0.147 e. The lowest BCUT2D eigenvalue weighted by molar-refractivity contribution is -0.0507. The maximum absolute atomic E-state index is 11.1. The Morgan fingerprint density at radius 3 is 2.67 bits per heavy atom. The van der Waals surface area contributed by atoms with Gasteiger partial charge in [0.2, 0.25) is 0 Å². The molecular weight excluding hydrogens is 252 g/mol. The first kappa shape index (κ1) is 15.9. The van der Waals surface area contributed by atoms with E-state index in [1.54, 1.807) is 0 Å². The lowest BCUT2D eigenvalue weighted by Gasteiger charge is -2.37. The van der Waals surface area contributed by atoms with Crippen LogP contribution in [-0.2, 0) is 14.6 Å². The van der Waals surface area contributed by atoms with Gasteiger partial charge in [0.15, 0.2) is 0 Å². The van der Waals surface area contributed by atoms with Crippen LogP contribution in [0.3, 0.4) is 0 Å². The minimum absolute atomic E-state index is 0.0284. The number of nitrogens with zero attached hydrogens (tertiary/aromatic N) is 1. The van der Waals surface area contributed by atoms with Crippen LogP contribution in [0.15, 0.2) is 0 Å². The Morgan fingerprint density at radius 2 is 2.11 bits per heavy atom. The predicted molar refractivity (Wildman–Crippen MR) is 73.4 cm³/mol. The van der Waals surface area contributed by atoms with Crippen molar-refractivity contribution in [3.8, 4) is 0 Å². The second-order valence-electron chi connectivity index (χ2n) is 5.43. The number of ether oxygens (including phenoxy) is 1. The Hall–Kier alpha value is -0.170. The van der Waals surface area contributed by atoms with Gasteiger partial charge in [-0.2, -0.15) is 0 Å². The number of nitrogens with two attached hydrogens (primary N) is 1. The summed E-state index contributed by atoms with van der Waals surface area (Å²) in [5.74, 6) is 0.210. The quantitative estimate of drug-likeness (QED) is 0.754. The Morgan fingerprint density at radius 1 is 1.44 bits per heavy atom. The summed E-state index contributed by atoms with van der Waals surface area (Å²) in [5, 5.41) is 0. The van der Waals surface area contributed by atoms with Crippen molar-refractivity contribution in [2.45, 2.75) is 44.9 Å². The molecule has 6 heteroatoms. The summed E-state index contributed by atoms with van der Waals surface area (Å²) in [6.07, 6.45) is 2.60. The van der Waals surface area contributed by atoms with Crippen molar-refractivity contribution in [3.05, 3.63) is 0 Å². The van der Waals surface area contributed by atoms with Gasteiger partial charge >= 0.3 is 0 Å². The summed E-state index contributed by atoms with van der Waals surface area (Å²) in [5.41, 5.74) is 6.09. The van der Waals surface area contributed by atoms with Crippen LogP contribution in [0.5, 0.6) is 0 Å². The van der Waals surface area contributed by atoms with Crippen molar-refractivity contribution in [2.24, 2.45) is 5.73 Å². The molecular formula is C12H26N2O3S. The molecule has 0 spiro atoms. The molecule has 0 amide bonds. The van der Waals surface area contributed by atoms with Gasteiger partial charge in [0.05, 0.1) is 12.7 Å². The molecule has 0 aromatic rings. The number of rotatable bonds is 6.